The van der Waals surface area contributed by atoms with Crippen LogP contribution in [0.25, 0.3) is 0 Å². The lowest BCUT2D eigenvalue weighted by molar-refractivity contribution is 0.181. The van der Waals surface area contributed by atoms with Crippen molar-refractivity contribution in [2.75, 3.05) is 84.6 Å². The van der Waals surface area contributed by atoms with Crippen LogP contribution in [0.15, 0.2) is 29.3 Å². The molecular weight excluding hydrogens is 378 g/mol. The number of aliphatic imine (C=N–C) groups is 1. The quantitative estimate of drug-likeness (QED) is 0.377. The van der Waals surface area contributed by atoms with Crippen molar-refractivity contribution in [2.24, 2.45) is 10.9 Å². The molecule has 2 heterocycles. The Morgan fingerprint density at radius 3 is 2.63 bits per heavy atom. The average molecular weight is 418 g/mol. The number of ether oxygens (including phenoxy) is 2. The molecule has 0 spiro atoms. The second kappa shape index (κ2) is 12.0. The van der Waals surface area contributed by atoms with Gasteiger partial charge < -0.3 is 24.6 Å². The molecule has 1 aromatic carbocycles. The second-order valence-corrected chi connectivity index (χ2v) is 8.23. The lowest BCUT2D eigenvalue weighted by Crippen LogP contribution is -2.46. The van der Waals surface area contributed by atoms with E-state index in [-0.39, 0.29) is 0 Å². The van der Waals surface area contributed by atoms with Crippen LogP contribution in [-0.4, -0.2) is 95.5 Å². The van der Waals surface area contributed by atoms with Gasteiger partial charge in [0.1, 0.15) is 5.75 Å². The summed E-state index contributed by atoms with van der Waals surface area (Å²) in [5.74, 6) is 2.56. The molecule has 168 valence electrons. The summed E-state index contributed by atoms with van der Waals surface area (Å²) in [6.45, 7) is 12.2. The largest absolute Gasteiger partial charge is 0.497 e. The number of methoxy groups -OCH3 is 1. The third-order valence-corrected chi connectivity index (χ3v) is 5.96. The summed E-state index contributed by atoms with van der Waals surface area (Å²) in [7, 11) is 3.85. The van der Waals surface area contributed by atoms with Crippen LogP contribution in [-0.2, 0) is 4.74 Å². The first-order chi connectivity index (χ1) is 14.7. The Hall–Kier alpha value is -1.99. The van der Waals surface area contributed by atoms with E-state index >= 15 is 0 Å². The zero-order valence-corrected chi connectivity index (χ0v) is 19.0. The number of rotatable bonds is 9. The van der Waals surface area contributed by atoms with Gasteiger partial charge in [-0.25, -0.2) is 0 Å². The predicted molar refractivity (Wildman–Crippen MR) is 124 cm³/mol. The molecule has 1 unspecified atom stereocenters. The van der Waals surface area contributed by atoms with Gasteiger partial charge in [-0.3, -0.25) is 9.89 Å². The van der Waals surface area contributed by atoms with E-state index in [0.717, 1.165) is 90.1 Å². The number of nitrogens with zero attached hydrogens (tertiary/aromatic N) is 4. The first-order valence-electron chi connectivity index (χ1n) is 11.4. The highest BCUT2D eigenvalue weighted by Crippen LogP contribution is 2.20. The van der Waals surface area contributed by atoms with Crippen molar-refractivity contribution in [3.8, 4) is 5.75 Å². The highest BCUT2D eigenvalue weighted by Gasteiger charge is 2.19. The van der Waals surface area contributed by atoms with Crippen molar-refractivity contribution in [3.05, 3.63) is 24.3 Å². The molecule has 1 atom stereocenters. The lowest BCUT2D eigenvalue weighted by atomic mass is 10.1. The van der Waals surface area contributed by atoms with E-state index in [4.69, 9.17) is 14.5 Å². The van der Waals surface area contributed by atoms with Gasteiger partial charge in [-0.05, 0) is 44.0 Å². The van der Waals surface area contributed by atoms with Gasteiger partial charge in [-0.2, -0.15) is 0 Å². The van der Waals surface area contributed by atoms with Crippen molar-refractivity contribution in [1.82, 2.24) is 15.1 Å². The summed E-state index contributed by atoms with van der Waals surface area (Å²) in [5.41, 5.74) is 1.28. The van der Waals surface area contributed by atoms with E-state index in [2.05, 4.69) is 46.1 Å². The molecule has 2 aliphatic heterocycles. The minimum absolute atomic E-state index is 0.626. The van der Waals surface area contributed by atoms with E-state index in [0.29, 0.717) is 5.92 Å². The fourth-order valence-electron chi connectivity index (χ4n) is 4.17. The summed E-state index contributed by atoms with van der Waals surface area (Å²) < 4.78 is 10.8. The minimum atomic E-state index is 0.626. The molecule has 2 saturated heterocycles. The molecule has 2 aliphatic rings. The summed E-state index contributed by atoms with van der Waals surface area (Å²) >= 11 is 0. The normalized spacial score (nSPS) is 20.4. The van der Waals surface area contributed by atoms with Gasteiger partial charge in [0.2, 0.25) is 0 Å². The van der Waals surface area contributed by atoms with Crippen LogP contribution in [0.3, 0.4) is 0 Å². The third-order valence-electron chi connectivity index (χ3n) is 5.96. The fraction of sp³-hybridized carbons (Fsp3) is 0.696. The zero-order valence-electron chi connectivity index (χ0n) is 19.0. The number of hydrogen-bond donors (Lipinski definition) is 1. The minimum Gasteiger partial charge on any atom is -0.497 e. The van der Waals surface area contributed by atoms with Crippen LogP contribution in [0, 0.1) is 5.92 Å². The summed E-state index contributed by atoms with van der Waals surface area (Å²) in [6, 6.07) is 8.39. The maximum atomic E-state index is 5.51. The summed E-state index contributed by atoms with van der Waals surface area (Å²) in [5, 5.41) is 3.43. The Morgan fingerprint density at radius 2 is 2.00 bits per heavy atom. The van der Waals surface area contributed by atoms with E-state index in [1.165, 1.54) is 5.69 Å². The first-order valence-corrected chi connectivity index (χ1v) is 11.4. The maximum Gasteiger partial charge on any atom is 0.193 e. The number of nitrogens with one attached hydrogen (secondary N) is 1. The molecule has 0 radical (unpaired) electrons. The van der Waals surface area contributed by atoms with Crippen molar-refractivity contribution in [1.29, 1.82) is 0 Å². The molecule has 0 saturated carbocycles. The molecule has 30 heavy (non-hydrogen) atoms. The Morgan fingerprint density at radius 1 is 1.23 bits per heavy atom. The Labute approximate surface area is 182 Å². The van der Waals surface area contributed by atoms with Crippen LogP contribution < -0.4 is 15.0 Å². The van der Waals surface area contributed by atoms with Crippen molar-refractivity contribution >= 4 is 11.6 Å². The molecule has 0 aromatic heterocycles. The molecule has 3 rings (SSSR count). The van der Waals surface area contributed by atoms with Crippen LogP contribution in [0.4, 0.5) is 5.69 Å². The predicted octanol–water partition coefficient (Wildman–Crippen LogP) is 2.14. The van der Waals surface area contributed by atoms with Crippen LogP contribution in [0.2, 0.25) is 0 Å². The van der Waals surface area contributed by atoms with Crippen molar-refractivity contribution in [3.63, 3.8) is 0 Å². The van der Waals surface area contributed by atoms with Gasteiger partial charge in [0.05, 0.1) is 13.7 Å². The molecule has 1 aromatic rings. The lowest BCUT2D eigenvalue weighted by Gasteiger charge is -2.36. The number of piperazine rings is 1. The average Bonchev–Trinajstić information content (AvgIpc) is 3.29. The van der Waals surface area contributed by atoms with E-state index < -0.39 is 0 Å². The first kappa shape index (κ1) is 22.7. The molecule has 0 aliphatic carbocycles. The zero-order chi connectivity index (χ0) is 21.2. The van der Waals surface area contributed by atoms with E-state index in [1.54, 1.807) is 7.11 Å². The highest BCUT2D eigenvalue weighted by atomic mass is 16.5. The molecule has 1 N–H and O–H groups in total. The Balaban J connectivity index is 1.37. The van der Waals surface area contributed by atoms with E-state index in [1.807, 2.05) is 12.1 Å². The second-order valence-electron chi connectivity index (χ2n) is 8.23. The van der Waals surface area contributed by atoms with Crippen molar-refractivity contribution < 1.29 is 9.47 Å². The van der Waals surface area contributed by atoms with Gasteiger partial charge in [-0.15, -0.1) is 0 Å². The van der Waals surface area contributed by atoms with Gasteiger partial charge >= 0.3 is 0 Å². The van der Waals surface area contributed by atoms with Crippen molar-refractivity contribution in [2.45, 2.75) is 19.8 Å². The molecule has 2 fully saturated rings. The molecule has 7 nitrogen and oxygen atoms in total. The monoisotopic (exact) mass is 417 g/mol. The van der Waals surface area contributed by atoms with Crippen LogP contribution in [0.1, 0.15) is 19.8 Å². The summed E-state index contributed by atoms with van der Waals surface area (Å²) in [4.78, 5) is 12.1. The topological polar surface area (TPSA) is 52.6 Å². The Bertz CT molecular complexity index is 637. The molecule has 0 amide bonds. The third kappa shape index (κ3) is 6.77. The molecule has 0 bridgehead atoms. The smallest absolute Gasteiger partial charge is 0.193 e. The standard InChI is InChI=1S/C23H39N5O2/c1-4-24-23(26(2)18-20-10-17-30-19-20)25-11-5-12-27-13-15-28(16-14-27)21-6-8-22(29-3)9-7-21/h6-9,20H,4-5,10-19H2,1-3H3,(H,24,25). The molecular formula is C23H39N5O2. The van der Waals surface area contributed by atoms with Crippen LogP contribution in [0.5, 0.6) is 5.75 Å². The number of hydrogen-bond acceptors (Lipinski definition) is 5. The summed E-state index contributed by atoms with van der Waals surface area (Å²) in [6.07, 6.45) is 2.25. The fourth-order valence-corrected chi connectivity index (χ4v) is 4.17. The maximum absolute atomic E-state index is 5.51. The van der Waals surface area contributed by atoms with Gasteiger partial charge in [0.15, 0.2) is 5.96 Å². The number of benzene rings is 1. The Kier molecular flexibility index (Phi) is 9.08. The number of anilines is 1. The number of guanidine groups is 1. The highest BCUT2D eigenvalue weighted by molar-refractivity contribution is 5.79. The van der Waals surface area contributed by atoms with Gasteiger partial charge in [-0.1, -0.05) is 0 Å². The SMILES string of the molecule is CCNC(=NCCCN1CCN(c2ccc(OC)cc2)CC1)N(C)CC1CCOC1. The van der Waals surface area contributed by atoms with Crippen LogP contribution >= 0.6 is 0 Å². The van der Waals surface area contributed by atoms with Gasteiger partial charge in [0, 0.05) is 77.6 Å². The van der Waals surface area contributed by atoms with Gasteiger partial charge in [0.25, 0.3) is 0 Å². The van der Waals surface area contributed by atoms with E-state index in [9.17, 15) is 0 Å². The molecule has 7 heteroatoms.